The molecule has 2 amide bonds. The Morgan fingerprint density at radius 3 is 2.25 bits per heavy atom. The molecule has 0 bridgehead atoms. The zero-order valence-electron chi connectivity index (χ0n) is 17.7. The minimum atomic E-state index is -0.385. The highest BCUT2D eigenvalue weighted by Gasteiger charge is 2.09. The van der Waals surface area contributed by atoms with E-state index in [0.29, 0.717) is 41.4 Å². The third-order valence-electron chi connectivity index (χ3n) is 4.45. The Balaban J connectivity index is 1.43. The topological polar surface area (TPSA) is 110 Å². The molecule has 0 aliphatic rings. The van der Waals surface area contributed by atoms with Gasteiger partial charge >= 0.3 is 5.97 Å². The number of carbonyl (C=O) groups is 3. The fourth-order valence-corrected chi connectivity index (χ4v) is 2.78. The van der Waals surface area contributed by atoms with Gasteiger partial charge in [0.1, 0.15) is 5.76 Å². The Morgan fingerprint density at radius 1 is 0.906 bits per heavy atom. The number of hydrogen-bond donors (Lipinski definition) is 3. The molecule has 0 aliphatic carbocycles. The summed E-state index contributed by atoms with van der Waals surface area (Å²) < 4.78 is 10.3. The van der Waals surface area contributed by atoms with Crippen LogP contribution in [0.2, 0.25) is 0 Å². The maximum atomic E-state index is 12.2. The molecule has 1 aromatic heterocycles. The van der Waals surface area contributed by atoms with Crippen molar-refractivity contribution in [3.8, 4) is 0 Å². The van der Waals surface area contributed by atoms with Crippen molar-refractivity contribution in [3.05, 3.63) is 83.8 Å². The van der Waals surface area contributed by atoms with Crippen LogP contribution in [0.3, 0.4) is 0 Å². The Kier molecular flexibility index (Phi) is 8.02. The van der Waals surface area contributed by atoms with Gasteiger partial charge in [0, 0.05) is 16.9 Å². The van der Waals surface area contributed by atoms with Gasteiger partial charge in [0.05, 0.1) is 31.5 Å². The monoisotopic (exact) mass is 435 g/mol. The van der Waals surface area contributed by atoms with Crippen molar-refractivity contribution < 1.29 is 23.5 Å². The molecule has 8 nitrogen and oxygen atoms in total. The molecule has 0 atom stereocenters. The summed E-state index contributed by atoms with van der Waals surface area (Å²) in [6, 6.07) is 16.9. The summed E-state index contributed by atoms with van der Waals surface area (Å²) in [7, 11) is 0. The standard InChI is InChI=1S/C24H25N3O5/c1-2-13-32-24(30)18-7-11-20(12-8-18)27-22(28)16-25-19-9-5-17(6-10-19)23(29)26-15-21-4-3-14-31-21/h3-12,14,25H,2,13,15-16H2,1H3,(H,26,29)(H,27,28). The number of amides is 2. The lowest BCUT2D eigenvalue weighted by Gasteiger charge is -2.09. The number of carbonyl (C=O) groups excluding carboxylic acids is 3. The minimum Gasteiger partial charge on any atom is -0.467 e. The fourth-order valence-electron chi connectivity index (χ4n) is 2.78. The Bertz CT molecular complexity index is 1030. The number of hydrogen-bond acceptors (Lipinski definition) is 6. The van der Waals surface area contributed by atoms with Gasteiger partial charge in [-0.2, -0.15) is 0 Å². The van der Waals surface area contributed by atoms with Crippen LogP contribution in [-0.2, 0) is 16.1 Å². The molecule has 0 fully saturated rings. The second-order valence-corrected chi connectivity index (χ2v) is 6.95. The first kappa shape index (κ1) is 22.6. The van der Waals surface area contributed by atoms with Gasteiger partial charge in [0.2, 0.25) is 5.91 Å². The normalized spacial score (nSPS) is 10.3. The molecule has 3 N–H and O–H groups in total. The lowest BCUT2D eigenvalue weighted by molar-refractivity contribution is -0.114. The summed E-state index contributed by atoms with van der Waals surface area (Å²) in [5.41, 5.74) is 2.22. The van der Waals surface area contributed by atoms with E-state index in [4.69, 9.17) is 9.15 Å². The number of nitrogens with one attached hydrogen (secondary N) is 3. The predicted octanol–water partition coefficient (Wildman–Crippen LogP) is 3.83. The number of rotatable bonds is 10. The minimum absolute atomic E-state index is 0.0460. The zero-order chi connectivity index (χ0) is 22.8. The van der Waals surface area contributed by atoms with Crippen LogP contribution in [-0.4, -0.2) is 30.9 Å². The molecule has 0 saturated heterocycles. The molecule has 0 saturated carbocycles. The van der Waals surface area contributed by atoms with Gasteiger partial charge in [0.25, 0.3) is 5.91 Å². The van der Waals surface area contributed by atoms with Crippen molar-refractivity contribution in [2.24, 2.45) is 0 Å². The molecule has 32 heavy (non-hydrogen) atoms. The highest BCUT2D eigenvalue weighted by atomic mass is 16.5. The molecular weight excluding hydrogens is 410 g/mol. The fraction of sp³-hybridized carbons (Fsp3) is 0.208. The van der Waals surface area contributed by atoms with Crippen LogP contribution in [0, 0.1) is 0 Å². The summed E-state index contributed by atoms with van der Waals surface area (Å²) in [4.78, 5) is 36.2. The van der Waals surface area contributed by atoms with Crippen LogP contribution in [0.1, 0.15) is 39.8 Å². The average molecular weight is 435 g/mol. The van der Waals surface area contributed by atoms with Gasteiger partial charge in [-0.05, 0) is 67.1 Å². The van der Waals surface area contributed by atoms with Crippen molar-refractivity contribution in [2.45, 2.75) is 19.9 Å². The number of benzene rings is 2. The van der Waals surface area contributed by atoms with Gasteiger partial charge in [-0.15, -0.1) is 0 Å². The molecule has 0 unspecified atom stereocenters. The van der Waals surface area contributed by atoms with Gasteiger partial charge in [-0.1, -0.05) is 6.92 Å². The van der Waals surface area contributed by atoms with E-state index >= 15 is 0 Å². The Hall–Kier alpha value is -4.07. The van der Waals surface area contributed by atoms with E-state index in [0.717, 1.165) is 6.42 Å². The van der Waals surface area contributed by atoms with E-state index in [2.05, 4.69) is 16.0 Å². The van der Waals surface area contributed by atoms with Crippen molar-refractivity contribution in [3.63, 3.8) is 0 Å². The summed E-state index contributed by atoms with van der Waals surface area (Å²) in [6.07, 6.45) is 2.31. The Morgan fingerprint density at radius 2 is 1.59 bits per heavy atom. The maximum absolute atomic E-state index is 12.2. The lowest BCUT2D eigenvalue weighted by Crippen LogP contribution is -2.23. The molecule has 166 valence electrons. The van der Waals surface area contributed by atoms with Gasteiger partial charge in [-0.25, -0.2) is 4.79 Å². The van der Waals surface area contributed by atoms with Gasteiger partial charge < -0.3 is 25.1 Å². The molecule has 8 heteroatoms. The number of furan rings is 1. The van der Waals surface area contributed by atoms with Crippen molar-refractivity contribution >= 4 is 29.2 Å². The third kappa shape index (κ3) is 6.73. The summed E-state index contributed by atoms with van der Waals surface area (Å²) in [5.74, 6) is -0.169. The molecule has 3 rings (SSSR count). The SMILES string of the molecule is CCCOC(=O)c1ccc(NC(=O)CNc2ccc(C(=O)NCc3ccco3)cc2)cc1. The molecule has 0 aliphatic heterocycles. The molecule has 0 radical (unpaired) electrons. The third-order valence-corrected chi connectivity index (χ3v) is 4.45. The van der Waals surface area contributed by atoms with E-state index in [9.17, 15) is 14.4 Å². The Labute approximate surface area is 186 Å². The van der Waals surface area contributed by atoms with E-state index < -0.39 is 0 Å². The second kappa shape index (κ2) is 11.4. The van der Waals surface area contributed by atoms with Crippen LogP contribution in [0.5, 0.6) is 0 Å². The van der Waals surface area contributed by atoms with E-state index in [1.165, 1.54) is 0 Å². The van der Waals surface area contributed by atoms with Crippen LogP contribution in [0.4, 0.5) is 11.4 Å². The molecule has 2 aromatic carbocycles. The van der Waals surface area contributed by atoms with Gasteiger partial charge in [0.15, 0.2) is 0 Å². The first-order chi connectivity index (χ1) is 15.5. The molecular formula is C24H25N3O5. The molecule has 3 aromatic rings. The summed E-state index contributed by atoms with van der Waals surface area (Å²) in [6.45, 7) is 2.66. The number of ether oxygens (including phenoxy) is 1. The largest absolute Gasteiger partial charge is 0.467 e. The van der Waals surface area contributed by atoms with Crippen molar-refractivity contribution in [2.75, 3.05) is 23.8 Å². The smallest absolute Gasteiger partial charge is 0.338 e. The van der Waals surface area contributed by atoms with Gasteiger partial charge in [-0.3, -0.25) is 9.59 Å². The predicted molar refractivity (Wildman–Crippen MR) is 120 cm³/mol. The zero-order valence-corrected chi connectivity index (χ0v) is 17.7. The van der Waals surface area contributed by atoms with E-state index in [1.54, 1.807) is 66.9 Å². The first-order valence-electron chi connectivity index (χ1n) is 10.3. The van der Waals surface area contributed by atoms with Crippen molar-refractivity contribution in [1.29, 1.82) is 0 Å². The highest BCUT2D eigenvalue weighted by molar-refractivity contribution is 5.96. The summed E-state index contributed by atoms with van der Waals surface area (Å²) in [5, 5.41) is 8.53. The second-order valence-electron chi connectivity index (χ2n) is 6.95. The van der Waals surface area contributed by atoms with Crippen LogP contribution >= 0.6 is 0 Å². The highest BCUT2D eigenvalue weighted by Crippen LogP contribution is 2.12. The number of anilines is 2. The maximum Gasteiger partial charge on any atom is 0.338 e. The summed E-state index contributed by atoms with van der Waals surface area (Å²) >= 11 is 0. The average Bonchev–Trinajstić information content (AvgIpc) is 3.34. The van der Waals surface area contributed by atoms with Crippen molar-refractivity contribution in [1.82, 2.24) is 5.32 Å². The quantitative estimate of drug-likeness (QED) is 0.418. The number of esters is 1. The van der Waals surface area contributed by atoms with E-state index in [1.807, 2.05) is 6.92 Å². The first-order valence-corrected chi connectivity index (χ1v) is 10.3. The van der Waals surface area contributed by atoms with Crippen LogP contribution in [0.25, 0.3) is 0 Å². The molecule has 1 heterocycles. The lowest BCUT2D eigenvalue weighted by atomic mass is 10.2. The van der Waals surface area contributed by atoms with Crippen LogP contribution in [0.15, 0.2) is 71.3 Å². The van der Waals surface area contributed by atoms with E-state index in [-0.39, 0.29) is 24.3 Å². The molecule has 0 spiro atoms. The van der Waals surface area contributed by atoms with Crippen LogP contribution < -0.4 is 16.0 Å².